The summed E-state index contributed by atoms with van der Waals surface area (Å²) in [4.78, 5) is 2.33. The Morgan fingerprint density at radius 3 is 2.42 bits per heavy atom. The second-order valence-corrected chi connectivity index (χ2v) is 6.60. The Morgan fingerprint density at radius 1 is 1.26 bits per heavy atom. The highest BCUT2D eigenvalue weighted by molar-refractivity contribution is 6.31. The van der Waals surface area contributed by atoms with Crippen molar-refractivity contribution in [3.05, 3.63) is 34.6 Å². The summed E-state index contributed by atoms with van der Waals surface area (Å²) in [6, 6.07) is 4.95. The molecular weight excluding hydrogens is 263 g/mol. The Morgan fingerprint density at radius 2 is 1.89 bits per heavy atom. The van der Waals surface area contributed by atoms with Crippen molar-refractivity contribution in [3.63, 3.8) is 0 Å². The molecule has 2 rings (SSSR count). The maximum Gasteiger partial charge on any atom is 0.129 e. The van der Waals surface area contributed by atoms with Crippen molar-refractivity contribution in [3.8, 4) is 0 Å². The van der Waals surface area contributed by atoms with Crippen molar-refractivity contribution in [2.45, 2.75) is 26.8 Å². The molecule has 0 bridgehead atoms. The number of nitrogens with zero attached hydrogens (tertiary/aromatic N) is 1. The van der Waals surface area contributed by atoms with Gasteiger partial charge < -0.3 is 5.32 Å². The van der Waals surface area contributed by atoms with Gasteiger partial charge in [-0.25, -0.2) is 4.39 Å². The highest BCUT2D eigenvalue weighted by Crippen LogP contribution is 2.42. The summed E-state index contributed by atoms with van der Waals surface area (Å²) in [5, 5.41) is 3.86. The third kappa shape index (κ3) is 3.28. The smallest absolute Gasteiger partial charge is 0.129 e. The van der Waals surface area contributed by atoms with Gasteiger partial charge in [-0.15, -0.1) is 0 Å². The summed E-state index contributed by atoms with van der Waals surface area (Å²) in [6.07, 6.45) is 0. The second kappa shape index (κ2) is 5.78. The van der Waals surface area contributed by atoms with Gasteiger partial charge in [-0.05, 0) is 17.5 Å². The summed E-state index contributed by atoms with van der Waals surface area (Å²) < 4.78 is 14.3. The van der Waals surface area contributed by atoms with Crippen LogP contribution >= 0.6 is 11.6 Å². The Kier molecular flexibility index (Phi) is 4.49. The van der Waals surface area contributed by atoms with E-state index in [1.54, 1.807) is 12.1 Å². The average Bonchev–Trinajstić information content (AvgIpc) is 2.33. The Labute approximate surface area is 119 Å². The minimum absolute atomic E-state index is 0.00306. The molecule has 106 valence electrons. The Hall–Kier alpha value is -0.640. The molecular formula is C15H22ClFN2. The average molecular weight is 285 g/mol. The predicted molar refractivity (Wildman–Crippen MR) is 78.0 cm³/mol. The molecule has 1 aromatic carbocycles. The van der Waals surface area contributed by atoms with Gasteiger partial charge in [0.25, 0.3) is 0 Å². The molecule has 1 N–H and O–H groups in total. The summed E-state index contributed by atoms with van der Waals surface area (Å²) in [7, 11) is 0. The molecule has 0 radical (unpaired) electrons. The first-order valence-corrected chi connectivity index (χ1v) is 7.18. The van der Waals surface area contributed by atoms with Crippen molar-refractivity contribution in [2.75, 3.05) is 26.2 Å². The number of piperazine rings is 1. The topological polar surface area (TPSA) is 15.3 Å². The van der Waals surface area contributed by atoms with Gasteiger partial charge in [0.2, 0.25) is 0 Å². The molecule has 1 heterocycles. The molecule has 1 aromatic rings. The molecule has 0 aromatic heterocycles. The number of hydrogen-bond donors (Lipinski definition) is 1. The van der Waals surface area contributed by atoms with Crippen LogP contribution in [-0.4, -0.2) is 31.1 Å². The van der Waals surface area contributed by atoms with Crippen LogP contribution in [0.3, 0.4) is 0 Å². The van der Waals surface area contributed by atoms with Gasteiger partial charge in [0.15, 0.2) is 0 Å². The summed E-state index contributed by atoms with van der Waals surface area (Å²) in [5.41, 5.74) is 0.571. The van der Waals surface area contributed by atoms with Gasteiger partial charge in [0.1, 0.15) is 5.82 Å². The molecule has 19 heavy (non-hydrogen) atoms. The van der Waals surface area contributed by atoms with E-state index >= 15 is 0 Å². The first-order valence-electron chi connectivity index (χ1n) is 6.80. The highest BCUT2D eigenvalue weighted by atomic mass is 35.5. The van der Waals surface area contributed by atoms with Crippen molar-refractivity contribution < 1.29 is 4.39 Å². The Balaban J connectivity index is 2.43. The normalized spacial score (nSPS) is 19.4. The van der Waals surface area contributed by atoms with Crippen LogP contribution < -0.4 is 5.32 Å². The highest BCUT2D eigenvalue weighted by Gasteiger charge is 2.35. The number of hydrogen-bond acceptors (Lipinski definition) is 2. The fourth-order valence-electron chi connectivity index (χ4n) is 2.88. The van der Waals surface area contributed by atoms with Crippen molar-refractivity contribution in [2.24, 2.45) is 5.41 Å². The van der Waals surface area contributed by atoms with E-state index in [0.717, 1.165) is 26.2 Å². The lowest BCUT2D eigenvalue weighted by Crippen LogP contribution is -2.48. The monoisotopic (exact) mass is 284 g/mol. The van der Waals surface area contributed by atoms with E-state index in [9.17, 15) is 4.39 Å². The molecule has 1 fully saturated rings. The van der Waals surface area contributed by atoms with E-state index in [4.69, 9.17) is 11.6 Å². The van der Waals surface area contributed by atoms with Gasteiger partial charge in [-0.3, -0.25) is 4.90 Å². The number of benzene rings is 1. The summed E-state index contributed by atoms with van der Waals surface area (Å²) in [5.74, 6) is -0.203. The quantitative estimate of drug-likeness (QED) is 0.895. The minimum Gasteiger partial charge on any atom is -0.314 e. The Bertz CT molecular complexity index is 416. The molecule has 0 amide bonds. The van der Waals surface area contributed by atoms with E-state index in [2.05, 4.69) is 31.0 Å². The number of rotatable bonds is 2. The molecule has 1 aliphatic heterocycles. The van der Waals surface area contributed by atoms with E-state index in [0.29, 0.717) is 10.6 Å². The molecule has 1 atom stereocenters. The van der Waals surface area contributed by atoms with Crippen LogP contribution in [0.4, 0.5) is 4.39 Å². The van der Waals surface area contributed by atoms with E-state index in [-0.39, 0.29) is 17.3 Å². The maximum absolute atomic E-state index is 14.3. The molecule has 0 aliphatic carbocycles. The SMILES string of the molecule is CC(C)(C)[C@H](c1c(F)cccc1Cl)N1CCNCC1. The lowest BCUT2D eigenvalue weighted by Gasteiger charge is -2.43. The maximum atomic E-state index is 14.3. The van der Waals surface area contributed by atoms with Gasteiger partial charge in [-0.2, -0.15) is 0 Å². The molecule has 0 spiro atoms. The van der Waals surface area contributed by atoms with Crippen LogP contribution in [0.25, 0.3) is 0 Å². The van der Waals surface area contributed by atoms with Crippen LogP contribution in [0, 0.1) is 11.2 Å². The molecule has 2 nitrogen and oxygen atoms in total. The van der Waals surface area contributed by atoms with Gasteiger partial charge in [-0.1, -0.05) is 38.4 Å². The van der Waals surface area contributed by atoms with Gasteiger partial charge >= 0.3 is 0 Å². The first kappa shape index (κ1) is 14.8. The predicted octanol–water partition coefficient (Wildman–Crippen LogP) is 3.47. The van der Waals surface area contributed by atoms with Crippen LogP contribution in [-0.2, 0) is 0 Å². The minimum atomic E-state index is -0.203. The molecule has 1 aliphatic rings. The fourth-order valence-corrected chi connectivity index (χ4v) is 3.14. The first-order chi connectivity index (χ1) is 8.91. The van der Waals surface area contributed by atoms with Gasteiger partial charge in [0.05, 0.1) is 0 Å². The van der Waals surface area contributed by atoms with Crippen LogP contribution in [0.5, 0.6) is 0 Å². The van der Waals surface area contributed by atoms with E-state index < -0.39 is 0 Å². The van der Waals surface area contributed by atoms with Crippen molar-refractivity contribution in [1.82, 2.24) is 10.2 Å². The van der Waals surface area contributed by atoms with Crippen molar-refractivity contribution >= 4 is 11.6 Å². The number of halogens is 2. The second-order valence-electron chi connectivity index (χ2n) is 6.19. The van der Waals surface area contributed by atoms with Crippen molar-refractivity contribution in [1.29, 1.82) is 0 Å². The zero-order chi connectivity index (χ0) is 14.0. The number of nitrogens with one attached hydrogen (secondary N) is 1. The third-order valence-electron chi connectivity index (χ3n) is 3.61. The van der Waals surface area contributed by atoms with Crippen LogP contribution in [0.1, 0.15) is 32.4 Å². The zero-order valence-corrected chi connectivity index (χ0v) is 12.6. The van der Waals surface area contributed by atoms with E-state index in [1.165, 1.54) is 6.07 Å². The lowest BCUT2D eigenvalue weighted by atomic mass is 9.80. The van der Waals surface area contributed by atoms with Crippen LogP contribution in [0.2, 0.25) is 5.02 Å². The standard InChI is InChI=1S/C15H22ClFN2/c1-15(2,3)14(19-9-7-18-8-10-19)13-11(16)5-4-6-12(13)17/h4-6,14,18H,7-10H2,1-3H3/t14-/m0/s1. The largest absolute Gasteiger partial charge is 0.314 e. The fraction of sp³-hybridized carbons (Fsp3) is 0.600. The molecule has 0 unspecified atom stereocenters. The zero-order valence-electron chi connectivity index (χ0n) is 11.8. The summed E-state index contributed by atoms with van der Waals surface area (Å²) in [6.45, 7) is 10.2. The van der Waals surface area contributed by atoms with Gasteiger partial charge in [0, 0.05) is 42.8 Å². The summed E-state index contributed by atoms with van der Waals surface area (Å²) >= 11 is 6.27. The lowest BCUT2D eigenvalue weighted by molar-refractivity contribution is 0.0835. The molecule has 1 saturated heterocycles. The third-order valence-corrected chi connectivity index (χ3v) is 3.94. The van der Waals surface area contributed by atoms with E-state index in [1.807, 2.05) is 0 Å². The van der Waals surface area contributed by atoms with Crippen LogP contribution in [0.15, 0.2) is 18.2 Å². The molecule has 4 heteroatoms. The molecule has 0 saturated carbocycles.